The van der Waals surface area contributed by atoms with Gasteiger partial charge in [0.25, 0.3) is 0 Å². The molecule has 0 amide bonds. The fourth-order valence-corrected chi connectivity index (χ4v) is 3.37. The van der Waals surface area contributed by atoms with Gasteiger partial charge >= 0.3 is 0 Å². The quantitative estimate of drug-likeness (QED) is 0.591. The Morgan fingerprint density at radius 1 is 1.19 bits per heavy atom. The first-order valence-electron chi connectivity index (χ1n) is 9.10. The number of nitrogens with two attached hydrogens (primary N) is 2. The molecule has 6 heteroatoms. The highest BCUT2D eigenvalue weighted by Gasteiger charge is 2.28. The van der Waals surface area contributed by atoms with E-state index in [2.05, 4.69) is 23.2 Å². The summed E-state index contributed by atoms with van der Waals surface area (Å²) in [4.78, 5) is 4.46. The van der Waals surface area contributed by atoms with Gasteiger partial charge in [-0.25, -0.2) is 4.99 Å². The van der Waals surface area contributed by atoms with Crippen LogP contribution in [0, 0.1) is 5.92 Å². The average Bonchev–Trinajstić information content (AvgIpc) is 3.09. The van der Waals surface area contributed by atoms with E-state index in [4.69, 9.17) is 16.2 Å². The Morgan fingerprint density at radius 3 is 2.69 bits per heavy atom. The zero-order chi connectivity index (χ0) is 18.5. The van der Waals surface area contributed by atoms with Crippen LogP contribution in [0.15, 0.2) is 47.5 Å². The topological polar surface area (TPSA) is 91.5 Å². The first-order valence-corrected chi connectivity index (χ1v) is 9.10. The van der Waals surface area contributed by atoms with Crippen LogP contribution in [0.25, 0.3) is 5.57 Å². The summed E-state index contributed by atoms with van der Waals surface area (Å²) in [6.07, 6.45) is 6.91. The molecule has 0 fully saturated rings. The molecule has 1 aromatic carbocycles. The molecule has 0 saturated heterocycles. The Hall–Kier alpha value is -2.60. The summed E-state index contributed by atoms with van der Waals surface area (Å²) in [6.45, 7) is 6.55. The number of hydrogen-bond acceptors (Lipinski definition) is 5. The predicted octanol–water partition coefficient (Wildman–Crippen LogP) is 3.02. The first kappa shape index (κ1) is 18.2. The zero-order valence-corrected chi connectivity index (χ0v) is 15.4. The number of ether oxygens (including phenoxy) is 1. The second kappa shape index (κ2) is 8.19. The van der Waals surface area contributed by atoms with E-state index in [1.807, 2.05) is 48.3 Å². The summed E-state index contributed by atoms with van der Waals surface area (Å²) in [7, 11) is 0. The Morgan fingerprint density at radius 2 is 1.96 bits per heavy atom. The van der Waals surface area contributed by atoms with Crippen LogP contribution in [0.3, 0.4) is 0 Å². The number of aromatic nitrogens is 2. The normalized spacial score (nSPS) is 19.9. The van der Waals surface area contributed by atoms with Crippen LogP contribution >= 0.6 is 0 Å². The fourth-order valence-electron chi connectivity index (χ4n) is 3.37. The molecule has 2 aromatic rings. The van der Waals surface area contributed by atoms with Crippen LogP contribution in [0.4, 0.5) is 5.69 Å². The third-order valence-corrected chi connectivity index (χ3v) is 4.78. The van der Waals surface area contributed by atoms with Crippen LogP contribution in [0.5, 0.6) is 0 Å². The molecular weight excluding hydrogens is 326 g/mol. The minimum Gasteiger partial charge on any atom is -0.399 e. The lowest BCUT2D eigenvalue weighted by Crippen LogP contribution is -2.20. The monoisotopic (exact) mass is 353 g/mol. The van der Waals surface area contributed by atoms with Gasteiger partial charge in [-0.2, -0.15) is 5.10 Å². The maximum absolute atomic E-state index is 6.19. The summed E-state index contributed by atoms with van der Waals surface area (Å²) >= 11 is 0. The molecule has 1 aliphatic heterocycles. The number of anilines is 1. The molecule has 0 radical (unpaired) electrons. The third-order valence-electron chi connectivity index (χ3n) is 4.78. The van der Waals surface area contributed by atoms with Crippen molar-refractivity contribution in [3.05, 3.63) is 53.6 Å². The van der Waals surface area contributed by atoms with Crippen molar-refractivity contribution in [2.24, 2.45) is 16.6 Å². The Balaban J connectivity index is 1.75. The summed E-state index contributed by atoms with van der Waals surface area (Å²) in [6, 6.07) is 7.80. The molecular formula is C20H27N5O. The highest BCUT2D eigenvalue weighted by molar-refractivity contribution is 5.82. The minimum absolute atomic E-state index is 0.149. The standard InChI is InChI=1S/C20H27N5O/c1-3-26-10-4-9-25-13-16(11-24-25)18-12-23-20(22)19(14(18)2)15-5-7-17(21)8-6-15/h5-8,11-14,18H,3-4,9-10,21-22H2,1-2H3. The van der Waals surface area contributed by atoms with Crippen molar-refractivity contribution in [2.75, 3.05) is 18.9 Å². The predicted molar refractivity (Wildman–Crippen MR) is 106 cm³/mol. The van der Waals surface area contributed by atoms with Gasteiger partial charge < -0.3 is 16.2 Å². The molecule has 2 atom stereocenters. The van der Waals surface area contributed by atoms with Gasteiger partial charge in [0.05, 0.1) is 6.20 Å². The van der Waals surface area contributed by atoms with Crippen LogP contribution in [-0.4, -0.2) is 29.2 Å². The van der Waals surface area contributed by atoms with Gasteiger partial charge in [-0.05, 0) is 42.5 Å². The molecule has 6 nitrogen and oxygen atoms in total. The number of benzene rings is 1. The van der Waals surface area contributed by atoms with E-state index in [1.54, 1.807) is 0 Å². The lowest BCUT2D eigenvalue weighted by molar-refractivity contribution is 0.141. The molecule has 2 heterocycles. The van der Waals surface area contributed by atoms with E-state index in [0.717, 1.165) is 48.6 Å². The SMILES string of the molecule is CCOCCCn1cc(C2C=NC(N)=C(c3ccc(N)cc3)C2C)cn1. The van der Waals surface area contributed by atoms with E-state index in [1.165, 1.54) is 0 Å². The summed E-state index contributed by atoms with van der Waals surface area (Å²) in [5.41, 5.74) is 16.0. The van der Waals surface area contributed by atoms with E-state index in [9.17, 15) is 0 Å². The second-order valence-electron chi connectivity index (χ2n) is 6.60. The van der Waals surface area contributed by atoms with Crippen molar-refractivity contribution in [3.63, 3.8) is 0 Å². The van der Waals surface area contributed by atoms with Gasteiger partial charge in [0, 0.05) is 49.3 Å². The molecule has 1 aliphatic rings. The van der Waals surface area contributed by atoms with Gasteiger partial charge in [-0.3, -0.25) is 4.68 Å². The van der Waals surface area contributed by atoms with Gasteiger partial charge in [0.15, 0.2) is 0 Å². The number of allylic oxidation sites excluding steroid dienone is 1. The fraction of sp³-hybridized carbons (Fsp3) is 0.400. The van der Waals surface area contributed by atoms with Crippen molar-refractivity contribution >= 4 is 17.5 Å². The zero-order valence-electron chi connectivity index (χ0n) is 15.4. The summed E-state index contributed by atoms with van der Waals surface area (Å²) < 4.78 is 7.36. The molecule has 26 heavy (non-hydrogen) atoms. The lowest BCUT2D eigenvalue weighted by atomic mass is 9.80. The smallest absolute Gasteiger partial charge is 0.127 e. The van der Waals surface area contributed by atoms with Gasteiger partial charge in [-0.1, -0.05) is 19.1 Å². The van der Waals surface area contributed by atoms with E-state index >= 15 is 0 Å². The van der Waals surface area contributed by atoms with Crippen LogP contribution in [0.2, 0.25) is 0 Å². The highest BCUT2D eigenvalue weighted by Crippen LogP contribution is 2.38. The molecule has 0 aliphatic carbocycles. The molecule has 1 aromatic heterocycles. The number of hydrogen-bond donors (Lipinski definition) is 2. The maximum atomic E-state index is 6.19. The number of nitrogen functional groups attached to an aromatic ring is 1. The largest absolute Gasteiger partial charge is 0.399 e. The summed E-state index contributed by atoms with van der Waals surface area (Å²) in [5, 5.41) is 4.49. The molecule has 4 N–H and O–H groups in total. The number of aryl methyl sites for hydroxylation is 1. The van der Waals surface area contributed by atoms with Crippen molar-refractivity contribution in [2.45, 2.75) is 32.7 Å². The van der Waals surface area contributed by atoms with Crippen LogP contribution < -0.4 is 11.5 Å². The molecule has 0 bridgehead atoms. The second-order valence-corrected chi connectivity index (χ2v) is 6.60. The van der Waals surface area contributed by atoms with Gasteiger partial charge in [0.1, 0.15) is 5.82 Å². The highest BCUT2D eigenvalue weighted by atomic mass is 16.5. The molecule has 138 valence electrons. The van der Waals surface area contributed by atoms with Crippen molar-refractivity contribution < 1.29 is 4.74 Å². The summed E-state index contributed by atoms with van der Waals surface area (Å²) in [5.74, 6) is 0.926. The van der Waals surface area contributed by atoms with E-state index in [-0.39, 0.29) is 11.8 Å². The number of nitrogens with zero attached hydrogens (tertiary/aromatic N) is 3. The van der Waals surface area contributed by atoms with E-state index in [0.29, 0.717) is 5.82 Å². The van der Waals surface area contributed by atoms with Crippen molar-refractivity contribution in [3.8, 4) is 0 Å². The molecule has 3 rings (SSSR count). The lowest BCUT2D eigenvalue weighted by Gasteiger charge is -2.27. The molecule has 0 saturated carbocycles. The Labute approximate surface area is 154 Å². The number of rotatable bonds is 7. The van der Waals surface area contributed by atoms with Crippen LogP contribution in [-0.2, 0) is 11.3 Å². The average molecular weight is 353 g/mol. The Bertz CT molecular complexity index is 791. The number of aliphatic imine (C=N–C) groups is 1. The first-order chi connectivity index (χ1) is 12.6. The van der Waals surface area contributed by atoms with Crippen molar-refractivity contribution in [1.29, 1.82) is 0 Å². The van der Waals surface area contributed by atoms with Gasteiger partial charge in [-0.15, -0.1) is 0 Å². The minimum atomic E-state index is 0.149. The van der Waals surface area contributed by atoms with E-state index < -0.39 is 0 Å². The molecule has 2 unspecified atom stereocenters. The molecule has 0 spiro atoms. The maximum Gasteiger partial charge on any atom is 0.127 e. The van der Waals surface area contributed by atoms with Crippen molar-refractivity contribution in [1.82, 2.24) is 9.78 Å². The Kier molecular flexibility index (Phi) is 5.73. The third kappa shape index (κ3) is 3.96. The van der Waals surface area contributed by atoms with Crippen LogP contribution in [0.1, 0.15) is 37.3 Å². The van der Waals surface area contributed by atoms with Gasteiger partial charge in [0.2, 0.25) is 0 Å².